The number of aromatic hydroxyl groups is 1. The van der Waals surface area contributed by atoms with Crippen LogP contribution in [0.1, 0.15) is 24.4 Å². The first-order valence-corrected chi connectivity index (χ1v) is 5.37. The minimum atomic E-state index is 0. The van der Waals surface area contributed by atoms with Gasteiger partial charge in [0, 0.05) is 6.04 Å². The summed E-state index contributed by atoms with van der Waals surface area (Å²) in [4.78, 5) is 0. The third-order valence-corrected chi connectivity index (χ3v) is 3.02. The summed E-state index contributed by atoms with van der Waals surface area (Å²) in [5.41, 5.74) is 7.06. The summed E-state index contributed by atoms with van der Waals surface area (Å²) in [6, 6.07) is 3.56. The Kier molecular flexibility index (Phi) is 4.48. The molecule has 0 bridgehead atoms. The molecule has 0 unspecified atom stereocenters. The molecule has 1 saturated carbocycles. The summed E-state index contributed by atoms with van der Waals surface area (Å²) >= 11 is 0. The lowest BCUT2D eigenvalue weighted by molar-refractivity contribution is 0.338. The van der Waals surface area contributed by atoms with Crippen molar-refractivity contribution >= 4 is 12.4 Å². The summed E-state index contributed by atoms with van der Waals surface area (Å²) in [7, 11) is 3.03. The van der Waals surface area contributed by atoms with E-state index in [0.717, 1.165) is 5.56 Å². The smallest absolute Gasteiger partial charge is 0.200 e. The Morgan fingerprint density at radius 3 is 2.06 bits per heavy atom. The van der Waals surface area contributed by atoms with Crippen LogP contribution in [0.3, 0.4) is 0 Å². The summed E-state index contributed by atoms with van der Waals surface area (Å²) in [6.07, 6.45) is 2.35. The molecule has 17 heavy (non-hydrogen) atoms. The quantitative estimate of drug-likeness (QED) is 0.870. The minimum Gasteiger partial charge on any atom is -0.502 e. The largest absolute Gasteiger partial charge is 0.502 e. The van der Waals surface area contributed by atoms with E-state index in [-0.39, 0.29) is 24.2 Å². The number of ether oxygens (including phenoxy) is 2. The molecule has 0 aromatic heterocycles. The third-order valence-electron chi connectivity index (χ3n) is 3.02. The highest BCUT2D eigenvalue weighted by Gasteiger charge is 2.30. The number of nitrogens with two attached hydrogens (primary N) is 1. The number of phenols is 1. The Balaban J connectivity index is 0.00000144. The lowest BCUT2D eigenvalue weighted by atomic mass is 10.0. The molecule has 0 saturated heterocycles. The molecule has 0 aliphatic heterocycles. The van der Waals surface area contributed by atoms with Gasteiger partial charge in [0.1, 0.15) is 0 Å². The second kappa shape index (κ2) is 5.47. The molecule has 1 aliphatic carbocycles. The van der Waals surface area contributed by atoms with E-state index in [1.807, 2.05) is 0 Å². The maximum absolute atomic E-state index is 9.76. The molecule has 1 atom stereocenters. The van der Waals surface area contributed by atoms with Gasteiger partial charge in [-0.1, -0.05) is 0 Å². The summed E-state index contributed by atoms with van der Waals surface area (Å²) in [5, 5.41) is 9.76. The summed E-state index contributed by atoms with van der Waals surface area (Å²) in [5.74, 6) is 1.40. The molecule has 0 spiro atoms. The van der Waals surface area contributed by atoms with Gasteiger partial charge in [-0.3, -0.25) is 0 Å². The van der Waals surface area contributed by atoms with Crippen molar-refractivity contribution in [2.45, 2.75) is 18.9 Å². The summed E-state index contributed by atoms with van der Waals surface area (Å²) in [6.45, 7) is 0. The van der Waals surface area contributed by atoms with Gasteiger partial charge in [0.25, 0.3) is 0 Å². The second-order valence-corrected chi connectivity index (χ2v) is 4.14. The predicted octanol–water partition coefficient (Wildman–Crippen LogP) is 2.24. The van der Waals surface area contributed by atoms with Crippen LogP contribution in [-0.4, -0.2) is 19.3 Å². The lowest BCUT2D eigenvalue weighted by Gasteiger charge is -2.15. The number of hydrogen-bond donors (Lipinski definition) is 2. The van der Waals surface area contributed by atoms with Gasteiger partial charge < -0.3 is 20.3 Å². The van der Waals surface area contributed by atoms with Crippen LogP contribution in [0.4, 0.5) is 0 Å². The van der Waals surface area contributed by atoms with Gasteiger partial charge in [-0.05, 0) is 36.5 Å². The van der Waals surface area contributed by atoms with E-state index < -0.39 is 0 Å². The molecule has 2 rings (SSSR count). The van der Waals surface area contributed by atoms with E-state index in [1.165, 1.54) is 27.1 Å². The molecule has 4 nitrogen and oxygen atoms in total. The molecular formula is C12H18ClNO3. The first kappa shape index (κ1) is 13.9. The van der Waals surface area contributed by atoms with Gasteiger partial charge in [0.2, 0.25) is 5.75 Å². The van der Waals surface area contributed by atoms with E-state index in [4.69, 9.17) is 15.2 Å². The van der Waals surface area contributed by atoms with Gasteiger partial charge in [0.15, 0.2) is 11.5 Å². The van der Waals surface area contributed by atoms with Crippen LogP contribution >= 0.6 is 12.4 Å². The number of benzene rings is 1. The Morgan fingerprint density at radius 1 is 1.24 bits per heavy atom. The predicted molar refractivity (Wildman–Crippen MR) is 68.1 cm³/mol. The number of methoxy groups -OCH3 is 2. The fourth-order valence-electron chi connectivity index (χ4n) is 1.83. The van der Waals surface area contributed by atoms with Crippen LogP contribution in [0, 0.1) is 5.92 Å². The first-order chi connectivity index (χ1) is 7.67. The Hall–Kier alpha value is -1.13. The molecule has 1 aliphatic rings. The molecule has 0 heterocycles. The van der Waals surface area contributed by atoms with Crippen LogP contribution < -0.4 is 15.2 Å². The SMILES string of the molecule is COc1cc([C@H](N)C2CC2)cc(OC)c1O.Cl. The van der Waals surface area contributed by atoms with Crippen molar-refractivity contribution in [3.8, 4) is 17.2 Å². The molecule has 5 heteroatoms. The van der Waals surface area contributed by atoms with Gasteiger partial charge >= 0.3 is 0 Å². The zero-order valence-corrected chi connectivity index (χ0v) is 10.8. The Morgan fingerprint density at radius 2 is 1.71 bits per heavy atom. The normalized spacial score (nSPS) is 15.9. The summed E-state index contributed by atoms with van der Waals surface area (Å²) < 4.78 is 10.2. The number of halogens is 1. The second-order valence-electron chi connectivity index (χ2n) is 4.14. The Bertz CT molecular complexity index is 368. The van der Waals surface area contributed by atoms with Crippen molar-refractivity contribution in [2.24, 2.45) is 11.7 Å². The maximum atomic E-state index is 9.76. The monoisotopic (exact) mass is 259 g/mol. The molecule has 0 radical (unpaired) electrons. The highest BCUT2D eigenvalue weighted by Crippen LogP contribution is 2.44. The standard InChI is InChI=1S/C12H17NO3.ClH/c1-15-9-5-8(11(13)7-3-4-7)6-10(16-2)12(9)14;/h5-7,11,14H,3-4,13H2,1-2H3;1H/t11-;/m1./s1. The maximum Gasteiger partial charge on any atom is 0.200 e. The molecule has 96 valence electrons. The van der Waals surface area contributed by atoms with Gasteiger partial charge in [0.05, 0.1) is 14.2 Å². The molecule has 1 aromatic carbocycles. The number of hydrogen-bond acceptors (Lipinski definition) is 4. The van der Waals surface area contributed by atoms with E-state index in [2.05, 4.69) is 0 Å². The fourth-order valence-corrected chi connectivity index (χ4v) is 1.83. The van der Waals surface area contributed by atoms with Gasteiger partial charge in [-0.2, -0.15) is 0 Å². The van der Waals surface area contributed by atoms with E-state index in [1.54, 1.807) is 12.1 Å². The molecule has 0 amide bonds. The van der Waals surface area contributed by atoms with Gasteiger partial charge in [-0.15, -0.1) is 12.4 Å². The lowest BCUT2D eigenvalue weighted by Crippen LogP contribution is -2.12. The minimum absolute atomic E-state index is 0. The van der Waals surface area contributed by atoms with Gasteiger partial charge in [-0.25, -0.2) is 0 Å². The van der Waals surface area contributed by atoms with E-state index >= 15 is 0 Å². The van der Waals surface area contributed by atoms with Crippen molar-refractivity contribution < 1.29 is 14.6 Å². The van der Waals surface area contributed by atoms with Crippen LogP contribution in [0.25, 0.3) is 0 Å². The third kappa shape index (κ3) is 2.76. The first-order valence-electron chi connectivity index (χ1n) is 5.37. The van der Waals surface area contributed by atoms with Crippen molar-refractivity contribution in [1.82, 2.24) is 0 Å². The van der Waals surface area contributed by atoms with Crippen molar-refractivity contribution in [3.05, 3.63) is 17.7 Å². The van der Waals surface area contributed by atoms with Crippen molar-refractivity contribution in [2.75, 3.05) is 14.2 Å². The van der Waals surface area contributed by atoms with Crippen LogP contribution in [0.5, 0.6) is 17.2 Å². The molecular weight excluding hydrogens is 242 g/mol. The molecule has 1 fully saturated rings. The Labute approximate surface area is 107 Å². The molecule has 3 N–H and O–H groups in total. The number of rotatable bonds is 4. The van der Waals surface area contributed by atoms with Crippen LogP contribution in [-0.2, 0) is 0 Å². The van der Waals surface area contributed by atoms with Crippen molar-refractivity contribution in [3.63, 3.8) is 0 Å². The van der Waals surface area contributed by atoms with Crippen LogP contribution in [0.2, 0.25) is 0 Å². The average molecular weight is 260 g/mol. The average Bonchev–Trinajstić information content (AvgIpc) is 3.12. The highest BCUT2D eigenvalue weighted by molar-refractivity contribution is 5.85. The fraction of sp³-hybridized carbons (Fsp3) is 0.500. The van der Waals surface area contributed by atoms with Crippen LogP contribution in [0.15, 0.2) is 12.1 Å². The molecule has 1 aromatic rings. The van der Waals surface area contributed by atoms with E-state index in [0.29, 0.717) is 17.4 Å². The highest BCUT2D eigenvalue weighted by atomic mass is 35.5. The zero-order valence-electron chi connectivity index (χ0n) is 9.97. The van der Waals surface area contributed by atoms with E-state index in [9.17, 15) is 5.11 Å². The zero-order chi connectivity index (χ0) is 11.7. The number of phenolic OH excluding ortho intramolecular Hbond substituents is 1. The topological polar surface area (TPSA) is 64.7 Å². The van der Waals surface area contributed by atoms with Crippen molar-refractivity contribution in [1.29, 1.82) is 0 Å².